The number of benzene rings is 2. The van der Waals surface area contributed by atoms with E-state index in [1.807, 2.05) is 25.2 Å². The van der Waals surface area contributed by atoms with Crippen molar-refractivity contribution in [1.82, 2.24) is 15.2 Å². The van der Waals surface area contributed by atoms with Gasteiger partial charge in [-0.05, 0) is 35.6 Å². The molecular formula is C23H29N3OS. The summed E-state index contributed by atoms with van der Waals surface area (Å²) in [6.45, 7) is 7.38. The van der Waals surface area contributed by atoms with Crippen LogP contribution in [0.2, 0.25) is 0 Å². The Morgan fingerprint density at radius 1 is 1.14 bits per heavy atom. The molecule has 0 aliphatic carbocycles. The molecule has 1 atom stereocenters. The molecule has 3 aromatic rings. The molecule has 0 aliphatic rings. The maximum Gasteiger partial charge on any atom is 0.236 e. The molecule has 148 valence electrons. The molecule has 1 N–H and O–H groups in total. The SMILES string of the molecule is CCc1ccc([C@H](NCC(=O)N(C)Cc2nc3ccccc3s2)C(C)C)cc1. The number of thiazole rings is 1. The van der Waals surface area contributed by atoms with Gasteiger partial charge in [0, 0.05) is 13.1 Å². The van der Waals surface area contributed by atoms with E-state index in [9.17, 15) is 4.79 Å². The van der Waals surface area contributed by atoms with E-state index < -0.39 is 0 Å². The van der Waals surface area contributed by atoms with Gasteiger partial charge in [0.05, 0.1) is 23.3 Å². The highest BCUT2D eigenvalue weighted by molar-refractivity contribution is 7.18. The number of rotatable bonds is 8. The number of hydrogen-bond donors (Lipinski definition) is 1. The van der Waals surface area contributed by atoms with Crippen LogP contribution >= 0.6 is 11.3 Å². The molecule has 0 bridgehead atoms. The molecule has 1 heterocycles. The van der Waals surface area contributed by atoms with Crippen LogP contribution in [0.3, 0.4) is 0 Å². The van der Waals surface area contributed by atoms with Gasteiger partial charge in [-0.25, -0.2) is 4.98 Å². The van der Waals surface area contributed by atoms with Crippen LogP contribution in [0, 0.1) is 5.92 Å². The molecule has 3 rings (SSSR count). The summed E-state index contributed by atoms with van der Waals surface area (Å²) in [6.07, 6.45) is 1.04. The molecule has 2 aromatic carbocycles. The number of carbonyl (C=O) groups is 1. The zero-order valence-corrected chi connectivity index (χ0v) is 17.9. The minimum absolute atomic E-state index is 0.0788. The fourth-order valence-electron chi connectivity index (χ4n) is 3.31. The van der Waals surface area contributed by atoms with Gasteiger partial charge in [0.1, 0.15) is 5.01 Å². The molecule has 0 saturated heterocycles. The lowest BCUT2D eigenvalue weighted by atomic mass is 9.95. The van der Waals surface area contributed by atoms with Gasteiger partial charge in [-0.1, -0.05) is 57.2 Å². The molecule has 0 unspecified atom stereocenters. The molecule has 28 heavy (non-hydrogen) atoms. The Labute approximate surface area is 171 Å². The number of nitrogens with one attached hydrogen (secondary N) is 1. The van der Waals surface area contributed by atoms with Gasteiger partial charge in [-0.3, -0.25) is 4.79 Å². The largest absolute Gasteiger partial charge is 0.338 e. The van der Waals surface area contributed by atoms with E-state index in [-0.39, 0.29) is 11.9 Å². The van der Waals surface area contributed by atoms with Gasteiger partial charge in [0.2, 0.25) is 5.91 Å². The molecule has 0 fully saturated rings. The monoisotopic (exact) mass is 395 g/mol. The van der Waals surface area contributed by atoms with Crippen LogP contribution in [0.5, 0.6) is 0 Å². The Bertz CT molecular complexity index is 884. The Hall–Kier alpha value is -2.24. The zero-order chi connectivity index (χ0) is 20.1. The minimum Gasteiger partial charge on any atom is -0.338 e. The van der Waals surface area contributed by atoms with Crippen molar-refractivity contribution in [2.45, 2.75) is 39.8 Å². The van der Waals surface area contributed by atoms with Gasteiger partial charge < -0.3 is 10.2 Å². The van der Waals surface area contributed by atoms with Crippen molar-refractivity contribution in [3.05, 3.63) is 64.7 Å². The summed E-state index contributed by atoms with van der Waals surface area (Å²) in [6, 6.07) is 16.9. The number of hydrogen-bond acceptors (Lipinski definition) is 4. The smallest absolute Gasteiger partial charge is 0.236 e. The number of aryl methyl sites for hydroxylation is 1. The first-order valence-electron chi connectivity index (χ1n) is 9.88. The Balaban J connectivity index is 1.60. The van der Waals surface area contributed by atoms with E-state index in [1.165, 1.54) is 11.1 Å². The van der Waals surface area contributed by atoms with E-state index in [0.717, 1.165) is 21.6 Å². The van der Waals surface area contributed by atoms with Crippen molar-refractivity contribution < 1.29 is 4.79 Å². The summed E-state index contributed by atoms with van der Waals surface area (Å²) >= 11 is 1.65. The normalized spacial score (nSPS) is 12.5. The Morgan fingerprint density at radius 3 is 2.50 bits per heavy atom. The molecule has 0 aliphatic heterocycles. The molecule has 4 nitrogen and oxygen atoms in total. The van der Waals surface area contributed by atoms with E-state index in [1.54, 1.807) is 16.2 Å². The number of para-hydroxylation sites is 1. The molecule has 1 amide bonds. The standard InChI is InChI=1S/C23H29N3OS/c1-5-17-10-12-18(13-11-17)23(16(2)3)24-14-22(27)26(4)15-21-25-19-8-6-7-9-20(19)28-21/h6-13,16,23-24H,5,14-15H2,1-4H3/t23-/m1/s1. The van der Waals surface area contributed by atoms with Crippen LogP contribution in [-0.4, -0.2) is 29.4 Å². The van der Waals surface area contributed by atoms with Crippen LogP contribution in [0.15, 0.2) is 48.5 Å². The maximum atomic E-state index is 12.7. The third-order valence-electron chi connectivity index (χ3n) is 5.02. The molecule has 0 radical (unpaired) electrons. The van der Waals surface area contributed by atoms with Gasteiger partial charge in [-0.15, -0.1) is 11.3 Å². The second kappa shape index (κ2) is 9.30. The van der Waals surface area contributed by atoms with E-state index in [2.05, 4.69) is 61.4 Å². The van der Waals surface area contributed by atoms with Crippen molar-refractivity contribution in [3.63, 3.8) is 0 Å². The topological polar surface area (TPSA) is 45.2 Å². The third-order valence-corrected chi connectivity index (χ3v) is 6.04. The van der Waals surface area contributed by atoms with Crippen LogP contribution in [0.1, 0.15) is 42.9 Å². The number of likely N-dealkylation sites (N-methyl/N-ethyl adjacent to an activating group) is 1. The zero-order valence-electron chi connectivity index (χ0n) is 17.1. The second-order valence-corrected chi connectivity index (χ2v) is 8.64. The highest BCUT2D eigenvalue weighted by Crippen LogP contribution is 2.23. The molecule has 0 saturated carbocycles. The molecule has 5 heteroatoms. The fraction of sp³-hybridized carbons (Fsp3) is 0.391. The van der Waals surface area contributed by atoms with Gasteiger partial charge >= 0.3 is 0 Å². The van der Waals surface area contributed by atoms with Crippen molar-refractivity contribution >= 4 is 27.5 Å². The Kier molecular flexibility index (Phi) is 6.81. The summed E-state index contributed by atoms with van der Waals surface area (Å²) in [5.41, 5.74) is 3.56. The predicted octanol–water partition coefficient (Wildman–Crippen LogP) is 4.80. The van der Waals surface area contributed by atoms with E-state index in [0.29, 0.717) is 19.0 Å². The quantitative estimate of drug-likeness (QED) is 0.596. The Morgan fingerprint density at radius 2 is 1.86 bits per heavy atom. The highest BCUT2D eigenvalue weighted by Gasteiger charge is 2.18. The summed E-state index contributed by atoms with van der Waals surface area (Å²) in [5.74, 6) is 0.477. The second-order valence-electron chi connectivity index (χ2n) is 7.52. The number of amides is 1. The first kappa shape index (κ1) is 20.5. The number of nitrogens with zero attached hydrogens (tertiary/aromatic N) is 2. The van der Waals surface area contributed by atoms with Crippen molar-refractivity contribution in [3.8, 4) is 0 Å². The molecule has 1 aromatic heterocycles. The first-order valence-corrected chi connectivity index (χ1v) is 10.7. The van der Waals surface area contributed by atoms with Crippen molar-refractivity contribution in [2.24, 2.45) is 5.92 Å². The number of fused-ring (bicyclic) bond motifs is 1. The van der Waals surface area contributed by atoms with Crippen molar-refractivity contribution in [2.75, 3.05) is 13.6 Å². The number of carbonyl (C=O) groups excluding carboxylic acids is 1. The average molecular weight is 396 g/mol. The highest BCUT2D eigenvalue weighted by atomic mass is 32.1. The number of aromatic nitrogens is 1. The van der Waals surface area contributed by atoms with E-state index >= 15 is 0 Å². The minimum atomic E-state index is 0.0788. The van der Waals surface area contributed by atoms with Crippen LogP contribution in [0.25, 0.3) is 10.2 Å². The first-order chi connectivity index (χ1) is 13.5. The molecular weight excluding hydrogens is 366 g/mol. The van der Waals surface area contributed by atoms with E-state index in [4.69, 9.17) is 0 Å². The van der Waals surface area contributed by atoms with Crippen LogP contribution < -0.4 is 5.32 Å². The van der Waals surface area contributed by atoms with Crippen LogP contribution in [0.4, 0.5) is 0 Å². The van der Waals surface area contributed by atoms with Gasteiger partial charge in [0.25, 0.3) is 0 Å². The average Bonchev–Trinajstić information content (AvgIpc) is 3.10. The summed E-state index contributed by atoms with van der Waals surface area (Å²) < 4.78 is 1.16. The lowest BCUT2D eigenvalue weighted by Crippen LogP contribution is -2.38. The predicted molar refractivity (Wildman–Crippen MR) is 117 cm³/mol. The lowest BCUT2D eigenvalue weighted by Gasteiger charge is -2.24. The maximum absolute atomic E-state index is 12.7. The fourth-order valence-corrected chi connectivity index (χ4v) is 4.33. The van der Waals surface area contributed by atoms with Crippen LogP contribution in [-0.2, 0) is 17.8 Å². The molecule has 0 spiro atoms. The summed E-state index contributed by atoms with van der Waals surface area (Å²) in [4.78, 5) is 19.0. The summed E-state index contributed by atoms with van der Waals surface area (Å²) in [7, 11) is 1.84. The van der Waals surface area contributed by atoms with Gasteiger partial charge in [0.15, 0.2) is 0 Å². The van der Waals surface area contributed by atoms with Gasteiger partial charge in [-0.2, -0.15) is 0 Å². The summed E-state index contributed by atoms with van der Waals surface area (Å²) in [5, 5.41) is 4.42. The van der Waals surface area contributed by atoms with Crippen molar-refractivity contribution in [1.29, 1.82) is 0 Å². The lowest BCUT2D eigenvalue weighted by molar-refractivity contribution is -0.129. The third kappa shape index (κ3) is 4.97.